The average molecular weight is 576 g/mol. The van der Waals surface area contributed by atoms with Gasteiger partial charge in [-0.3, -0.25) is 0 Å². The van der Waals surface area contributed by atoms with E-state index in [2.05, 4.69) is 141 Å². The van der Waals surface area contributed by atoms with Crippen molar-refractivity contribution in [2.45, 2.75) is 4.55 Å². The Labute approximate surface area is 197 Å². The highest BCUT2D eigenvalue weighted by Crippen LogP contribution is 2.31. The summed E-state index contributed by atoms with van der Waals surface area (Å²) >= 11 is 7.88. The first-order chi connectivity index (χ1) is 14.1. The molecule has 0 fully saturated rings. The van der Waals surface area contributed by atoms with Crippen LogP contribution in [0.1, 0.15) is 16.1 Å². The van der Waals surface area contributed by atoms with Crippen LogP contribution < -0.4 is 9.47 Å². The standard InChI is InChI=1S/C24H21BrIN2S/c1-27(2)20-11-8-18(9-12-20)21(17-6-4-3-5-7-17)15-24-28(16-26)22-13-10-19(25)14-23(22)29-24/h3-15H,16H2,1-2H3/q+1. The maximum absolute atomic E-state index is 3.61. The molecule has 0 saturated carbocycles. The van der Waals surface area contributed by atoms with E-state index in [-0.39, 0.29) is 0 Å². The van der Waals surface area contributed by atoms with Gasteiger partial charge in [-0.25, -0.2) is 0 Å². The van der Waals surface area contributed by atoms with E-state index in [0.717, 1.165) is 9.02 Å². The smallest absolute Gasteiger partial charge is 0.264 e. The molecule has 1 heterocycles. The quantitative estimate of drug-likeness (QED) is 0.141. The summed E-state index contributed by atoms with van der Waals surface area (Å²) in [5, 5.41) is 1.25. The molecule has 0 amide bonds. The van der Waals surface area contributed by atoms with Crippen molar-refractivity contribution in [3.05, 3.63) is 93.4 Å². The van der Waals surface area contributed by atoms with Crippen molar-refractivity contribution in [1.29, 1.82) is 0 Å². The van der Waals surface area contributed by atoms with Crippen molar-refractivity contribution in [3.63, 3.8) is 0 Å². The Kier molecular flexibility index (Phi) is 6.37. The van der Waals surface area contributed by atoms with Crippen molar-refractivity contribution in [2.24, 2.45) is 0 Å². The minimum absolute atomic E-state index is 0.910. The maximum Gasteiger partial charge on any atom is 0.264 e. The maximum atomic E-state index is 3.61. The fourth-order valence-corrected chi connectivity index (χ4v) is 5.95. The first-order valence-electron chi connectivity index (χ1n) is 9.29. The van der Waals surface area contributed by atoms with Gasteiger partial charge in [-0.05, 0) is 63.6 Å². The Morgan fingerprint density at radius 2 is 1.69 bits per heavy atom. The fourth-order valence-electron chi connectivity index (χ4n) is 3.32. The number of hydrogen-bond donors (Lipinski definition) is 0. The number of alkyl halides is 1. The molecule has 0 radical (unpaired) electrons. The molecule has 0 aliphatic heterocycles. The number of thiazole rings is 1. The van der Waals surface area contributed by atoms with Crippen LogP contribution in [0.15, 0.2) is 77.3 Å². The minimum Gasteiger partial charge on any atom is -0.378 e. The van der Waals surface area contributed by atoms with Crippen molar-refractivity contribution in [1.82, 2.24) is 0 Å². The van der Waals surface area contributed by atoms with E-state index in [4.69, 9.17) is 0 Å². The van der Waals surface area contributed by atoms with Crippen molar-refractivity contribution < 1.29 is 4.57 Å². The lowest BCUT2D eigenvalue weighted by Gasteiger charge is -2.14. The second-order valence-corrected chi connectivity index (χ2v) is 9.63. The minimum atomic E-state index is 0.910. The molecule has 5 heteroatoms. The Morgan fingerprint density at radius 3 is 2.34 bits per heavy atom. The lowest BCUT2D eigenvalue weighted by Crippen LogP contribution is -2.32. The topological polar surface area (TPSA) is 7.12 Å². The van der Waals surface area contributed by atoms with Gasteiger partial charge in [-0.15, -0.1) is 0 Å². The first kappa shape index (κ1) is 20.6. The van der Waals surface area contributed by atoms with Crippen LogP contribution in [0.25, 0.3) is 21.9 Å². The summed E-state index contributed by atoms with van der Waals surface area (Å²) in [4.78, 5) is 2.13. The highest BCUT2D eigenvalue weighted by Gasteiger charge is 2.19. The molecule has 1 aromatic heterocycles. The molecule has 0 bridgehead atoms. The number of fused-ring (bicyclic) bond motifs is 1. The van der Waals surface area contributed by atoms with Gasteiger partial charge in [0.25, 0.3) is 5.01 Å². The summed E-state index contributed by atoms with van der Waals surface area (Å²) in [7, 11) is 4.14. The Hall–Kier alpha value is -1.70. The van der Waals surface area contributed by atoms with E-state index in [0.29, 0.717) is 0 Å². The molecule has 2 nitrogen and oxygen atoms in total. The summed E-state index contributed by atoms with van der Waals surface area (Å²) < 4.78 is 5.69. The summed E-state index contributed by atoms with van der Waals surface area (Å²) in [6.45, 7) is 0. The predicted molar refractivity (Wildman–Crippen MR) is 138 cm³/mol. The number of nitrogens with zero attached hydrogens (tertiary/aromatic N) is 2. The Morgan fingerprint density at radius 1 is 1.00 bits per heavy atom. The molecule has 0 spiro atoms. The third-order valence-corrected chi connectivity index (χ3v) is 7.13. The molecule has 4 aromatic rings. The van der Waals surface area contributed by atoms with E-state index in [1.165, 1.54) is 37.6 Å². The highest BCUT2D eigenvalue weighted by atomic mass is 127. The Bertz CT molecular complexity index is 1160. The average Bonchev–Trinajstić information content (AvgIpc) is 3.08. The van der Waals surface area contributed by atoms with Crippen LogP contribution in [0.5, 0.6) is 0 Å². The lowest BCUT2D eigenvalue weighted by atomic mass is 9.97. The van der Waals surface area contributed by atoms with Gasteiger partial charge in [0.05, 0.1) is 0 Å². The molecule has 146 valence electrons. The van der Waals surface area contributed by atoms with E-state index >= 15 is 0 Å². The number of aromatic nitrogens is 1. The van der Waals surface area contributed by atoms with Crippen LogP contribution in [0.4, 0.5) is 5.69 Å². The van der Waals surface area contributed by atoms with Gasteiger partial charge in [0.1, 0.15) is 4.70 Å². The molecule has 0 aliphatic carbocycles. The van der Waals surface area contributed by atoms with Crippen LogP contribution in [0.2, 0.25) is 0 Å². The van der Waals surface area contributed by atoms with Gasteiger partial charge in [-0.2, -0.15) is 4.57 Å². The summed E-state index contributed by atoms with van der Waals surface area (Å²) in [5.74, 6) is 0. The van der Waals surface area contributed by atoms with Crippen molar-refractivity contribution >= 4 is 77.4 Å². The van der Waals surface area contributed by atoms with Crippen LogP contribution in [0.3, 0.4) is 0 Å². The largest absolute Gasteiger partial charge is 0.378 e. The van der Waals surface area contributed by atoms with E-state index in [9.17, 15) is 0 Å². The molecule has 4 rings (SSSR count). The molecular formula is C24H21BrIN2S+. The van der Waals surface area contributed by atoms with E-state index < -0.39 is 0 Å². The van der Waals surface area contributed by atoms with Crippen LogP contribution >= 0.6 is 49.9 Å². The molecule has 0 atom stereocenters. The summed E-state index contributed by atoms with van der Waals surface area (Å²) in [6, 6.07) is 25.9. The van der Waals surface area contributed by atoms with Gasteiger partial charge in [0, 0.05) is 36.4 Å². The zero-order valence-electron chi connectivity index (χ0n) is 16.3. The first-order valence-corrected chi connectivity index (χ1v) is 12.4. The van der Waals surface area contributed by atoms with Gasteiger partial charge < -0.3 is 4.90 Å². The van der Waals surface area contributed by atoms with Crippen LogP contribution in [-0.4, -0.2) is 14.1 Å². The lowest BCUT2D eigenvalue weighted by molar-refractivity contribution is -0.641. The monoisotopic (exact) mass is 575 g/mol. The molecule has 3 aromatic carbocycles. The SMILES string of the molecule is CN(C)c1ccc(/C(=C/c2sc3cc(Br)ccc3[n+]2CI)c2ccccc2)cc1. The summed E-state index contributed by atoms with van der Waals surface area (Å²) in [6.07, 6.45) is 2.33. The number of anilines is 1. The molecule has 0 unspecified atom stereocenters. The van der Waals surface area contributed by atoms with Gasteiger partial charge in [-0.1, -0.05) is 69.7 Å². The normalized spacial score (nSPS) is 11.8. The van der Waals surface area contributed by atoms with Crippen molar-refractivity contribution in [3.8, 4) is 0 Å². The van der Waals surface area contributed by atoms with Gasteiger partial charge in [0.15, 0.2) is 4.55 Å². The van der Waals surface area contributed by atoms with Crippen molar-refractivity contribution in [2.75, 3.05) is 19.0 Å². The number of benzene rings is 3. The predicted octanol–water partition coefficient (Wildman–Crippen LogP) is 7.00. The molecular weight excluding hydrogens is 555 g/mol. The molecule has 0 aliphatic rings. The zero-order valence-corrected chi connectivity index (χ0v) is 20.8. The molecule has 29 heavy (non-hydrogen) atoms. The third kappa shape index (κ3) is 4.42. The second-order valence-electron chi connectivity index (χ2n) is 6.97. The molecule has 0 N–H and O–H groups in total. The third-order valence-electron chi connectivity index (χ3n) is 4.86. The molecule has 0 saturated heterocycles. The van der Waals surface area contributed by atoms with E-state index in [1.807, 2.05) is 11.3 Å². The highest BCUT2D eigenvalue weighted by molar-refractivity contribution is 14.1. The fraction of sp³-hybridized carbons (Fsp3) is 0.125. The van der Waals surface area contributed by atoms with Crippen LogP contribution in [0, 0.1) is 0 Å². The zero-order chi connectivity index (χ0) is 20.4. The van der Waals surface area contributed by atoms with E-state index in [1.54, 1.807) is 0 Å². The van der Waals surface area contributed by atoms with Crippen LogP contribution in [-0.2, 0) is 4.55 Å². The number of hydrogen-bond acceptors (Lipinski definition) is 2. The number of halogens is 2. The van der Waals surface area contributed by atoms with Gasteiger partial charge >= 0.3 is 0 Å². The Balaban J connectivity index is 1.90. The summed E-state index contributed by atoms with van der Waals surface area (Å²) in [5.41, 5.74) is 6.16. The van der Waals surface area contributed by atoms with Gasteiger partial charge in [0.2, 0.25) is 5.52 Å². The number of rotatable bonds is 5. The second kappa shape index (κ2) is 8.98.